The molecule has 0 saturated carbocycles. The van der Waals surface area contributed by atoms with Crippen LogP contribution in [0.15, 0.2) is 53.7 Å². The van der Waals surface area contributed by atoms with Crippen LogP contribution in [0.3, 0.4) is 0 Å². The summed E-state index contributed by atoms with van der Waals surface area (Å²) in [7, 11) is 0. The van der Waals surface area contributed by atoms with Gasteiger partial charge in [-0.05, 0) is 37.4 Å². The number of anilines is 2. The van der Waals surface area contributed by atoms with Crippen LogP contribution >= 0.6 is 11.8 Å². The Labute approximate surface area is 143 Å². The summed E-state index contributed by atoms with van der Waals surface area (Å²) in [5.74, 6) is 0.458. The molecule has 2 N–H and O–H groups in total. The van der Waals surface area contributed by atoms with Gasteiger partial charge >= 0.3 is 6.09 Å². The highest BCUT2D eigenvalue weighted by Gasteiger charge is 2.17. The van der Waals surface area contributed by atoms with E-state index in [1.54, 1.807) is 24.3 Å². The number of carbonyl (C=O) groups is 1. The Bertz CT molecular complexity index is 886. The molecule has 1 aromatic heterocycles. The number of nitrogens with zero attached hydrogens (tertiary/aromatic N) is 3. The summed E-state index contributed by atoms with van der Waals surface area (Å²) in [5.41, 5.74) is 5.23. The third kappa shape index (κ3) is 3.26. The minimum Gasteiger partial charge on any atom is -0.463 e. The van der Waals surface area contributed by atoms with Crippen LogP contribution in [0.1, 0.15) is 5.56 Å². The monoisotopic (exact) mass is 340 g/mol. The summed E-state index contributed by atoms with van der Waals surface area (Å²) in [5, 5.41) is 12.0. The van der Waals surface area contributed by atoms with Gasteiger partial charge in [-0.15, -0.1) is 0 Å². The van der Waals surface area contributed by atoms with Crippen LogP contribution in [-0.2, 0) is 0 Å². The average Bonchev–Trinajstić information content (AvgIpc) is 2.60. The maximum absolute atomic E-state index is 11.7. The van der Waals surface area contributed by atoms with Crippen LogP contribution < -0.4 is 10.4 Å². The Morgan fingerprint density at radius 2 is 1.92 bits per heavy atom. The molecule has 0 radical (unpaired) electrons. The summed E-state index contributed by atoms with van der Waals surface area (Å²) < 4.78 is 0. The van der Waals surface area contributed by atoms with Gasteiger partial charge in [-0.3, -0.25) is 5.43 Å². The molecule has 6 nitrogen and oxygen atoms in total. The van der Waals surface area contributed by atoms with Crippen molar-refractivity contribution in [2.45, 2.75) is 12.1 Å². The Kier molecular flexibility index (Phi) is 4.52. The number of carboxylic acid groups (broad SMARTS) is 1. The second-order valence-corrected chi connectivity index (χ2v) is 5.92. The van der Waals surface area contributed by atoms with Crippen molar-refractivity contribution >= 4 is 40.3 Å². The molecule has 0 aliphatic carbocycles. The quantitative estimate of drug-likeness (QED) is 0.421. The number of nitrogens with one attached hydrogen (secondary N) is 1. The van der Waals surface area contributed by atoms with E-state index in [4.69, 9.17) is 0 Å². The molecule has 1 heterocycles. The second kappa shape index (κ2) is 6.76. The number of benzene rings is 2. The minimum atomic E-state index is -1.12. The van der Waals surface area contributed by atoms with Crippen molar-refractivity contribution in [3.8, 4) is 0 Å². The van der Waals surface area contributed by atoms with Crippen LogP contribution in [0.4, 0.5) is 16.3 Å². The topological polar surface area (TPSA) is 78.4 Å². The van der Waals surface area contributed by atoms with Crippen molar-refractivity contribution in [2.75, 3.05) is 16.7 Å². The van der Waals surface area contributed by atoms with E-state index >= 15 is 0 Å². The number of amides is 1. The second-order valence-electron chi connectivity index (χ2n) is 5.14. The molecule has 0 aliphatic heterocycles. The zero-order valence-electron chi connectivity index (χ0n) is 13.2. The molecule has 24 heavy (non-hydrogen) atoms. The maximum atomic E-state index is 11.7. The zero-order valence-corrected chi connectivity index (χ0v) is 14.0. The van der Waals surface area contributed by atoms with E-state index in [2.05, 4.69) is 15.4 Å². The lowest BCUT2D eigenvalue weighted by Gasteiger charge is -2.21. The third-order valence-corrected chi connectivity index (χ3v) is 3.98. The molecule has 0 fully saturated rings. The number of fused-ring (bicyclic) bond motifs is 1. The number of para-hydroxylation sites is 1. The van der Waals surface area contributed by atoms with Crippen LogP contribution in [-0.4, -0.2) is 27.4 Å². The van der Waals surface area contributed by atoms with E-state index in [1.807, 2.05) is 37.4 Å². The van der Waals surface area contributed by atoms with Crippen molar-refractivity contribution in [3.63, 3.8) is 0 Å². The number of thioether (sulfide) groups is 1. The van der Waals surface area contributed by atoms with E-state index in [0.717, 1.165) is 21.5 Å². The molecule has 0 spiro atoms. The standard InChI is InChI=1S/C17H16N4O2S/c1-11-8-9-14-13(10-11)15(19-16(18-14)24-2)20-21(17(22)23)12-6-4-3-5-7-12/h3-10H,1-2H3,(H,22,23)(H,18,19,20). The molecule has 0 aliphatic rings. The predicted octanol–water partition coefficient (Wildman–Crippen LogP) is 4.17. The van der Waals surface area contributed by atoms with Gasteiger partial charge < -0.3 is 5.11 Å². The first kappa shape index (κ1) is 16.1. The first-order valence-electron chi connectivity index (χ1n) is 7.25. The highest BCUT2D eigenvalue weighted by Crippen LogP contribution is 2.26. The van der Waals surface area contributed by atoms with Crippen LogP contribution in [0.2, 0.25) is 0 Å². The summed E-state index contributed by atoms with van der Waals surface area (Å²) in [6.07, 6.45) is 0.761. The molecule has 1 amide bonds. The summed E-state index contributed by atoms with van der Waals surface area (Å²) in [6.45, 7) is 1.97. The van der Waals surface area contributed by atoms with Gasteiger partial charge in [0.15, 0.2) is 11.0 Å². The predicted molar refractivity (Wildman–Crippen MR) is 96.6 cm³/mol. The Morgan fingerprint density at radius 3 is 2.58 bits per heavy atom. The number of hydrazine groups is 1. The van der Waals surface area contributed by atoms with Gasteiger partial charge in [-0.2, -0.15) is 5.01 Å². The minimum absolute atomic E-state index is 0.458. The normalized spacial score (nSPS) is 10.6. The van der Waals surface area contributed by atoms with Crippen LogP contribution in [0.25, 0.3) is 10.9 Å². The maximum Gasteiger partial charge on any atom is 0.431 e. The largest absolute Gasteiger partial charge is 0.463 e. The fraction of sp³-hybridized carbons (Fsp3) is 0.118. The van der Waals surface area contributed by atoms with Crippen molar-refractivity contribution in [2.24, 2.45) is 0 Å². The Balaban J connectivity index is 2.10. The SMILES string of the molecule is CSc1nc(NN(C(=O)O)c2ccccc2)c2cc(C)ccc2n1. The van der Waals surface area contributed by atoms with Crippen molar-refractivity contribution in [3.05, 3.63) is 54.1 Å². The lowest BCUT2D eigenvalue weighted by atomic mass is 10.1. The third-order valence-electron chi connectivity index (χ3n) is 3.44. The number of hydrogen-bond donors (Lipinski definition) is 2. The fourth-order valence-electron chi connectivity index (χ4n) is 2.30. The summed E-state index contributed by atoms with van der Waals surface area (Å²) in [6, 6.07) is 14.6. The fourth-order valence-corrected chi connectivity index (χ4v) is 2.68. The Hall–Kier alpha value is -2.80. The van der Waals surface area contributed by atoms with Gasteiger partial charge in [0.25, 0.3) is 0 Å². The molecule has 7 heteroatoms. The number of aryl methyl sites for hydroxylation is 1. The van der Waals surface area contributed by atoms with Crippen molar-refractivity contribution in [1.82, 2.24) is 9.97 Å². The molecular weight excluding hydrogens is 324 g/mol. The van der Waals surface area contributed by atoms with E-state index in [-0.39, 0.29) is 0 Å². The molecule has 3 rings (SSSR count). The number of aromatic nitrogens is 2. The first-order valence-corrected chi connectivity index (χ1v) is 8.48. The molecule has 0 saturated heterocycles. The van der Waals surface area contributed by atoms with Gasteiger partial charge in [0.1, 0.15) is 0 Å². The highest BCUT2D eigenvalue weighted by atomic mass is 32.2. The smallest absolute Gasteiger partial charge is 0.431 e. The molecular formula is C17H16N4O2S. The summed E-state index contributed by atoms with van der Waals surface area (Å²) in [4.78, 5) is 20.6. The lowest BCUT2D eigenvalue weighted by Crippen LogP contribution is -2.35. The number of rotatable bonds is 4. The average molecular weight is 340 g/mol. The highest BCUT2D eigenvalue weighted by molar-refractivity contribution is 7.98. The van der Waals surface area contributed by atoms with E-state index in [0.29, 0.717) is 16.7 Å². The lowest BCUT2D eigenvalue weighted by molar-refractivity contribution is 0.203. The molecule has 3 aromatic rings. The first-order chi connectivity index (χ1) is 11.6. The van der Waals surface area contributed by atoms with Gasteiger partial charge in [0, 0.05) is 5.39 Å². The number of hydrogen-bond acceptors (Lipinski definition) is 5. The van der Waals surface area contributed by atoms with Crippen molar-refractivity contribution < 1.29 is 9.90 Å². The van der Waals surface area contributed by atoms with Gasteiger partial charge in [0.05, 0.1) is 11.2 Å². The molecule has 0 atom stereocenters. The van der Waals surface area contributed by atoms with E-state index in [1.165, 1.54) is 11.8 Å². The van der Waals surface area contributed by atoms with Gasteiger partial charge in [-0.25, -0.2) is 14.8 Å². The molecule has 0 unspecified atom stereocenters. The molecule has 122 valence electrons. The Morgan fingerprint density at radius 1 is 1.17 bits per heavy atom. The van der Waals surface area contributed by atoms with Crippen LogP contribution in [0, 0.1) is 6.92 Å². The van der Waals surface area contributed by atoms with Crippen molar-refractivity contribution in [1.29, 1.82) is 0 Å². The molecule has 0 bridgehead atoms. The van der Waals surface area contributed by atoms with Gasteiger partial charge in [0.2, 0.25) is 0 Å². The van der Waals surface area contributed by atoms with Gasteiger partial charge in [-0.1, -0.05) is 41.6 Å². The van der Waals surface area contributed by atoms with E-state index < -0.39 is 6.09 Å². The molecule has 2 aromatic carbocycles. The zero-order chi connectivity index (χ0) is 17.1. The van der Waals surface area contributed by atoms with Crippen LogP contribution in [0.5, 0.6) is 0 Å². The van der Waals surface area contributed by atoms with E-state index in [9.17, 15) is 9.90 Å². The summed E-state index contributed by atoms with van der Waals surface area (Å²) >= 11 is 1.41.